The molecule has 127 heavy (non-hydrogen) atoms. The van der Waals surface area contributed by atoms with Crippen LogP contribution in [-0.2, 0) is 67.5 Å². The molecule has 0 amide bonds. The summed E-state index contributed by atoms with van der Waals surface area (Å²) >= 11 is 0. The highest BCUT2D eigenvalue weighted by atomic mass is 32.2. The predicted octanol–water partition coefficient (Wildman–Crippen LogP) is 27.3. The Morgan fingerprint density at radius 2 is 0.551 bits per heavy atom. The Hall–Kier alpha value is -10.3. The summed E-state index contributed by atoms with van der Waals surface area (Å²) in [6.45, 7) is 22.3. The molecule has 9 nitrogen and oxygen atoms in total. The van der Waals surface area contributed by atoms with Gasteiger partial charge in [-0.2, -0.15) is 0 Å². The summed E-state index contributed by atoms with van der Waals surface area (Å²) in [7, 11) is 0.933. The summed E-state index contributed by atoms with van der Waals surface area (Å²) in [5.41, 5.74) is 5.78. The average Bonchev–Trinajstić information content (AvgIpc) is 1.52. The number of rotatable bonds is 20. The van der Waals surface area contributed by atoms with Gasteiger partial charge in [0.2, 0.25) is 5.60 Å². The second-order valence-corrected chi connectivity index (χ2v) is 46.3. The van der Waals surface area contributed by atoms with Crippen LogP contribution in [0.5, 0.6) is 23.0 Å². The molecule has 9 aliphatic carbocycles. The lowest BCUT2D eigenvalue weighted by molar-refractivity contribution is -0.176. The van der Waals surface area contributed by atoms with Crippen molar-refractivity contribution in [2.45, 2.75) is 237 Å². The van der Waals surface area contributed by atoms with Gasteiger partial charge in [-0.25, -0.2) is 4.79 Å². The van der Waals surface area contributed by atoms with Crippen molar-refractivity contribution in [3.05, 3.63) is 336 Å². The summed E-state index contributed by atoms with van der Waals surface area (Å²) in [5.74, 6) is 7.07. The number of benzene rings is 12. The first kappa shape index (κ1) is 88.7. The summed E-state index contributed by atoms with van der Waals surface area (Å²) in [6.07, 6.45) is 16.8. The van der Waals surface area contributed by atoms with Gasteiger partial charge in [-0.15, -0.1) is 0 Å². The topological polar surface area (TPSA) is 114 Å². The molecule has 22 rings (SSSR count). The molecule has 1 heterocycles. The van der Waals surface area contributed by atoms with Crippen LogP contribution in [0, 0.1) is 113 Å². The Morgan fingerprint density at radius 1 is 0.315 bits per heavy atom. The maximum Gasteiger partial charge on any atom is 0.356 e. The third-order valence-electron chi connectivity index (χ3n) is 28.9. The van der Waals surface area contributed by atoms with Crippen LogP contribution >= 0.6 is 0 Å². The van der Waals surface area contributed by atoms with Crippen molar-refractivity contribution in [2.24, 2.45) is 57.2 Å². The Morgan fingerprint density at radius 3 is 0.787 bits per heavy atom. The van der Waals surface area contributed by atoms with Crippen LogP contribution in [0.3, 0.4) is 0 Å². The van der Waals surface area contributed by atoms with E-state index in [9.17, 15) is 19.2 Å². The minimum absolute atomic E-state index is 0.0315. The van der Waals surface area contributed by atoms with E-state index in [4.69, 9.17) is 23.7 Å². The molecule has 9 saturated carbocycles. The van der Waals surface area contributed by atoms with E-state index in [1.54, 1.807) is 7.11 Å². The van der Waals surface area contributed by atoms with E-state index in [0.717, 1.165) is 110 Å². The third kappa shape index (κ3) is 18.2. The van der Waals surface area contributed by atoms with Gasteiger partial charge < -0.3 is 23.7 Å². The fourth-order valence-electron chi connectivity index (χ4n) is 23.4. The molecular formula is C114H120O9S4+4. The van der Waals surface area contributed by atoms with Gasteiger partial charge in [-0.3, -0.25) is 14.4 Å². The molecule has 13 heteroatoms. The van der Waals surface area contributed by atoms with Gasteiger partial charge in [0.15, 0.2) is 58.7 Å². The summed E-state index contributed by atoms with van der Waals surface area (Å²) < 4.78 is 29.7. The fourth-order valence-corrected chi connectivity index (χ4v) is 32.5. The summed E-state index contributed by atoms with van der Waals surface area (Å²) in [5, 5.41) is 0. The normalized spacial score (nSPS) is 23.4. The molecular weight excluding hydrogens is 1640 g/mol. The van der Waals surface area contributed by atoms with Crippen LogP contribution in [0.2, 0.25) is 0 Å². The van der Waals surface area contributed by atoms with Crippen LogP contribution in [0.15, 0.2) is 350 Å². The zero-order valence-electron chi connectivity index (χ0n) is 75.6. The highest BCUT2D eigenvalue weighted by molar-refractivity contribution is 7.98. The number of esters is 4. The minimum atomic E-state index is -1.24. The van der Waals surface area contributed by atoms with E-state index in [2.05, 4.69) is 321 Å². The van der Waals surface area contributed by atoms with Gasteiger partial charge in [0, 0.05) is 53.9 Å². The second kappa shape index (κ2) is 37.4. The second-order valence-electron chi connectivity index (χ2n) is 38.2. The Bertz CT molecular complexity index is 5630. The van der Waals surface area contributed by atoms with E-state index < -0.39 is 22.4 Å². The molecule has 0 spiro atoms. The zero-order valence-corrected chi connectivity index (χ0v) is 78.9. The maximum absolute atomic E-state index is 13.6. The van der Waals surface area contributed by atoms with E-state index in [-0.39, 0.29) is 72.3 Å². The van der Waals surface area contributed by atoms with Crippen LogP contribution in [-0.4, -0.2) is 36.6 Å². The summed E-state index contributed by atoms with van der Waals surface area (Å²) in [4.78, 5) is 68.4. The van der Waals surface area contributed by atoms with E-state index in [0.29, 0.717) is 25.0 Å². The van der Waals surface area contributed by atoms with Gasteiger partial charge in [-0.1, -0.05) is 159 Å². The SMILES string of the molecule is COc1c(C)cc([S+](c2ccccc2)c2ccccc2)cc1C.Cc1cc([S+](c2ccccc2)c2ccccc2)cc(C)c1OC(=O)C12CC3CC(CC(C3)C1)C2.Cc1cc([S+](c2ccccc2)c2ccccc2)cc(C)c1OC(=O)C12CCC(C)(C(=O)O1)C2(C)C.Cc1cc([S+](c2ccccc2)c2ccccc2)cc(C)c1OC(=O)CC12CC3CC(CC(C3)C1)C2. The van der Waals surface area contributed by atoms with Crippen LogP contribution < -0.4 is 18.9 Å². The molecule has 1 aliphatic heterocycles. The molecule has 0 radical (unpaired) electrons. The van der Waals surface area contributed by atoms with Crippen molar-refractivity contribution in [2.75, 3.05) is 7.11 Å². The molecule has 10 aliphatic rings. The summed E-state index contributed by atoms with van der Waals surface area (Å²) in [6, 6.07) is 103. The van der Waals surface area contributed by atoms with Crippen LogP contribution in [0.25, 0.3) is 0 Å². The van der Waals surface area contributed by atoms with Crippen molar-refractivity contribution >= 4 is 67.5 Å². The van der Waals surface area contributed by atoms with Crippen molar-refractivity contribution in [3.63, 3.8) is 0 Å². The van der Waals surface area contributed by atoms with E-state index in [1.807, 2.05) is 46.8 Å². The number of carbonyl (C=O) groups is 4. The van der Waals surface area contributed by atoms with Crippen molar-refractivity contribution in [1.29, 1.82) is 0 Å². The van der Waals surface area contributed by atoms with Gasteiger partial charge in [0.05, 0.1) is 67.9 Å². The monoisotopic (exact) mass is 1760 g/mol. The lowest BCUT2D eigenvalue weighted by atomic mass is 9.49. The first-order chi connectivity index (χ1) is 61.3. The Labute approximate surface area is 764 Å². The quantitative estimate of drug-likeness (QED) is 0.0418. The number of fused-ring (bicyclic) bond motifs is 2. The van der Waals surface area contributed by atoms with E-state index >= 15 is 0 Å². The number of hydrogen-bond donors (Lipinski definition) is 0. The minimum Gasteiger partial charge on any atom is -0.496 e. The Kier molecular flexibility index (Phi) is 26.2. The molecule has 10 bridgehead atoms. The first-order valence-electron chi connectivity index (χ1n) is 45.5. The Balaban J connectivity index is 0.000000121. The number of hydrogen-bond acceptors (Lipinski definition) is 9. The highest BCUT2D eigenvalue weighted by Crippen LogP contribution is 2.67. The van der Waals surface area contributed by atoms with Crippen molar-refractivity contribution in [3.8, 4) is 23.0 Å². The largest absolute Gasteiger partial charge is 0.496 e. The third-order valence-corrected chi connectivity index (χ3v) is 37.7. The maximum atomic E-state index is 13.6. The smallest absolute Gasteiger partial charge is 0.356 e. The highest BCUT2D eigenvalue weighted by Gasteiger charge is 2.77. The van der Waals surface area contributed by atoms with Gasteiger partial charge >= 0.3 is 23.9 Å². The molecule has 2 atom stereocenters. The van der Waals surface area contributed by atoms with Gasteiger partial charge in [-0.05, 0) is 335 Å². The molecule has 2 unspecified atom stereocenters. The van der Waals surface area contributed by atoms with Gasteiger partial charge in [0.25, 0.3) is 0 Å². The lowest BCUT2D eigenvalue weighted by Crippen LogP contribution is -2.51. The number of aryl methyl sites for hydroxylation is 8. The zero-order chi connectivity index (χ0) is 88.5. The molecule has 12 aromatic carbocycles. The number of carbonyl (C=O) groups excluding carboxylic acids is 4. The van der Waals surface area contributed by atoms with Gasteiger partial charge in [0.1, 0.15) is 23.0 Å². The first-order valence-corrected chi connectivity index (χ1v) is 50.4. The lowest BCUT2D eigenvalue weighted by Gasteiger charge is -2.56. The van der Waals surface area contributed by atoms with Crippen molar-refractivity contribution in [1.82, 2.24) is 0 Å². The van der Waals surface area contributed by atoms with E-state index in [1.165, 1.54) is 123 Å². The van der Waals surface area contributed by atoms with Crippen molar-refractivity contribution < 1.29 is 42.9 Å². The van der Waals surface area contributed by atoms with Crippen LogP contribution in [0.4, 0.5) is 0 Å². The average molecular weight is 1760 g/mol. The molecule has 12 aromatic rings. The fraction of sp³-hybridized carbons (Fsp3) is 0.333. The number of ether oxygens (including phenoxy) is 5. The molecule has 650 valence electrons. The molecule has 10 fully saturated rings. The number of methoxy groups -OCH3 is 1. The van der Waals surface area contributed by atoms with Crippen LogP contribution in [0.1, 0.15) is 162 Å². The molecule has 1 saturated heterocycles. The standard InChI is InChI=1S/C32H35O2S.C31H33O2S.C30H31O4S.C21H21OS/c1-22-13-29(35(27-9-5-3-6-10-27)28-11-7-4-8-12-28)14-23(2)31(22)34-30(33)21-32-18-24-15-25(19-32)17-26(16-24)20-32;1-21-13-28(34(26-9-5-3-6-10-26)27-11-7-4-8-12-27)14-22(2)29(21)33-30(32)31-18-23-15-24(19-31)17-25(16-23)20-31;1-20-18-24(35(22-12-8-6-9-13-22)23-14-10-7-11-15-23)19-21(2)25(20)33-27(32)30-17-16-29(5,26(31)34-30)28(30,3)4;1-16-14-20(15-17(2)21(16)22-3)23(18-10-6-4-7-11-18)19-12-8-5-9-13-19/h3-14,24-26H,15-21H2,1-2H3;3-14,23-25H,15-20H2,1-2H3;6-15,18-19H,16-17H2,1-5H3;4-15H,1-3H3/q4*+1. The molecule has 0 N–H and O–H groups in total. The molecule has 0 aromatic heterocycles. The predicted molar refractivity (Wildman–Crippen MR) is 513 cm³/mol.